The van der Waals surface area contributed by atoms with Gasteiger partial charge in [-0.05, 0) is 42.4 Å². The van der Waals surface area contributed by atoms with Crippen molar-refractivity contribution in [2.24, 2.45) is 11.8 Å². The number of aryl methyl sites for hydroxylation is 1. The summed E-state index contributed by atoms with van der Waals surface area (Å²) in [6, 6.07) is 15.8. The van der Waals surface area contributed by atoms with Gasteiger partial charge in [0.05, 0.1) is 7.11 Å². The molecule has 0 amide bonds. The van der Waals surface area contributed by atoms with Crippen molar-refractivity contribution in [3.8, 4) is 0 Å². The van der Waals surface area contributed by atoms with Crippen molar-refractivity contribution in [3.05, 3.63) is 76.7 Å². The van der Waals surface area contributed by atoms with Gasteiger partial charge in [0, 0.05) is 10.8 Å². The Bertz CT molecular complexity index is 971. The molecule has 0 aromatic heterocycles. The predicted molar refractivity (Wildman–Crippen MR) is 115 cm³/mol. The monoisotopic (exact) mass is 464 g/mol. The van der Waals surface area contributed by atoms with Crippen LogP contribution in [0.1, 0.15) is 30.1 Å². The van der Waals surface area contributed by atoms with E-state index in [2.05, 4.69) is 0 Å². The number of carbonyl (C=O) groups is 2. The fourth-order valence-corrected chi connectivity index (χ4v) is 4.88. The van der Waals surface area contributed by atoms with E-state index in [1.807, 2.05) is 37.3 Å². The Morgan fingerprint density at radius 2 is 1.72 bits per heavy atom. The molecule has 0 heterocycles. The highest BCUT2D eigenvalue weighted by atomic mass is 32.2. The number of rotatable bonds is 7. The first kappa shape index (κ1) is 23.9. The maximum absolute atomic E-state index is 13.0. The van der Waals surface area contributed by atoms with Crippen molar-refractivity contribution in [2.45, 2.75) is 36.9 Å². The highest BCUT2D eigenvalue weighted by molar-refractivity contribution is 8.03. The minimum atomic E-state index is -5.18. The number of allylic oxidation sites excluding steroid dienone is 2. The van der Waals surface area contributed by atoms with Gasteiger partial charge in [0.2, 0.25) is 0 Å². The molecule has 0 bridgehead atoms. The Morgan fingerprint density at radius 1 is 1.06 bits per heavy atom. The molecule has 2 aromatic carbocycles. The Morgan fingerprint density at radius 3 is 2.31 bits per heavy atom. The molecule has 0 unspecified atom stereocenters. The number of halogens is 3. The summed E-state index contributed by atoms with van der Waals surface area (Å²) in [5.41, 5.74) is 1.40. The maximum Gasteiger partial charge on any atom is 0.490 e. The molecule has 0 aliphatic heterocycles. The summed E-state index contributed by atoms with van der Waals surface area (Å²) in [5.74, 6) is -4.65. The molecule has 2 aromatic rings. The Hall–Kier alpha value is -2.74. The number of hydrogen-bond donors (Lipinski definition) is 0. The van der Waals surface area contributed by atoms with Crippen LogP contribution in [0.4, 0.5) is 13.2 Å². The Kier molecular flexibility index (Phi) is 7.66. The molecule has 0 saturated heterocycles. The topological polar surface area (TPSA) is 52.6 Å². The van der Waals surface area contributed by atoms with Crippen LogP contribution in [0.5, 0.6) is 0 Å². The zero-order valence-electron chi connectivity index (χ0n) is 17.6. The number of carbonyl (C=O) groups excluding carboxylic acids is 2. The summed E-state index contributed by atoms with van der Waals surface area (Å²) < 4.78 is 49.0. The van der Waals surface area contributed by atoms with Crippen LogP contribution >= 0.6 is 11.8 Å². The molecule has 8 heteroatoms. The van der Waals surface area contributed by atoms with Gasteiger partial charge in [0.15, 0.2) is 0 Å². The van der Waals surface area contributed by atoms with E-state index in [0.29, 0.717) is 18.4 Å². The van der Waals surface area contributed by atoms with E-state index in [0.717, 1.165) is 15.4 Å². The second-order valence-electron chi connectivity index (χ2n) is 7.49. The third-order valence-electron chi connectivity index (χ3n) is 5.27. The quantitative estimate of drug-likeness (QED) is 0.469. The standard InChI is InChI=1S/C24H23F3O4S/c1-15-11-13-17(14-12-15)32-19-10-6-9-18(19)20(22(28)30-2)21(16-7-4-3-5-8-16)31-23(29)24(25,26)27/h3-5,7-8,10-14,18,20-21H,6,9H2,1-2H3/t18-,20-,21-/m0/s1. The zero-order valence-corrected chi connectivity index (χ0v) is 18.4. The predicted octanol–water partition coefficient (Wildman–Crippen LogP) is 6.02. The van der Waals surface area contributed by atoms with Crippen LogP contribution in [0.3, 0.4) is 0 Å². The molecule has 0 fully saturated rings. The first-order valence-electron chi connectivity index (χ1n) is 10.1. The summed E-state index contributed by atoms with van der Waals surface area (Å²) in [6.45, 7) is 1.97. The van der Waals surface area contributed by atoms with Gasteiger partial charge >= 0.3 is 18.1 Å². The number of benzene rings is 2. The number of esters is 2. The van der Waals surface area contributed by atoms with Crippen LogP contribution in [0, 0.1) is 18.8 Å². The average molecular weight is 465 g/mol. The van der Waals surface area contributed by atoms with Crippen molar-refractivity contribution in [1.29, 1.82) is 0 Å². The molecule has 1 aliphatic rings. The summed E-state index contributed by atoms with van der Waals surface area (Å²) >= 11 is 1.45. The van der Waals surface area contributed by atoms with E-state index >= 15 is 0 Å². The number of alkyl halides is 3. The fourth-order valence-electron chi connectivity index (χ4n) is 3.72. The van der Waals surface area contributed by atoms with Crippen molar-refractivity contribution >= 4 is 23.7 Å². The third kappa shape index (κ3) is 5.73. The number of ether oxygens (including phenoxy) is 2. The molecule has 0 radical (unpaired) electrons. The van der Waals surface area contributed by atoms with Gasteiger partial charge < -0.3 is 9.47 Å². The molecule has 32 heavy (non-hydrogen) atoms. The summed E-state index contributed by atoms with van der Waals surface area (Å²) in [5, 5.41) is 0. The first-order chi connectivity index (χ1) is 15.2. The van der Waals surface area contributed by atoms with Crippen molar-refractivity contribution in [1.82, 2.24) is 0 Å². The van der Waals surface area contributed by atoms with Gasteiger partial charge in [-0.2, -0.15) is 13.2 Å². The van der Waals surface area contributed by atoms with Crippen LogP contribution in [-0.4, -0.2) is 25.2 Å². The van der Waals surface area contributed by atoms with Gasteiger partial charge in [-0.15, -0.1) is 0 Å². The van der Waals surface area contributed by atoms with Crippen molar-refractivity contribution in [2.75, 3.05) is 7.11 Å². The lowest BCUT2D eigenvalue weighted by atomic mass is 9.83. The largest absolute Gasteiger partial charge is 0.490 e. The van der Waals surface area contributed by atoms with Gasteiger partial charge in [0.1, 0.15) is 12.0 Å². The number of hydrogen-bond acceptors (Lipinski definition) is 5. The van der Waals surface area contributed by atoms with Crippen LogP contribution in [0.2, 0.25) is 0 Å². The van der Waals surface area contributed by atoms with Gasteiger partial charge in [-0.1, -0.05) is 65.9 Å². The van der Waals surface area contributed by atoms with E-state index in [1.54, 1.807) is 18.2 Å². The van der Waals surface area contributed by atoms with Gasteiger partial charge in [-0.3, -0.25) is 4.79 Å². The average Bonchev–Trinajstić information content (AvgIpc) is 3.22. The van der Waals surface area contributed by atoms with Crippen molar-refractivity contribution < 1.29 is 32.2 Å². The zero-order chi connectivity index (χ0) is 23.3. The highest BCUT2D eigenvalue weighted by Crippen LogP contribution is 2.47. The molecule has 0 saturated carbocycles. The second-order valence-corrected chi connectivity index (χ2v) is 8.64. The second kappa shape index (κ2) is 10.3. The maximum atomic E-state index is 13.0. The summed E-state index contributed by atoms with van der Waals surface area (Å²) in [6.07, 6.45) is -3.47. The van der Waals surface area contributed by atoms with E-state index in [4.69, 9.17) is 9.47 Å². The molecular formula is C24H23F3O4S. The molecule has 170 valence electrons. The van der Waals surface area contributed by atoms with Crippen LogP contribution in [-0.2, 0) is 19.1 Å². The third-order valence-corrected chi connectivity index (χ3v) is 6.48. The summed E-state index contributed by atoms with van der Waals surface area (Å²) in [7, 11) is 1.18. The summed E-state index contributed by atoms with van der Waals surface area (Å²) in [4.78, 5) is 26.4. The van der Waals surface area contributed by atoms with Crippen molar-refractivity contribution in [3.63, 3.8) is 0 Å². The van der Waals surface area contributed by atoms with E-state index in [1.165, 1.54) is 31.0 Å². The Labute approximate surface area is 188 Å². The lowest BCUT2D eigenvalue weighted by Gasteiger charge is -2.31. The van der Waals surface area contributed by atoms with Crippen LogP contribution < -0.4 is 0 Å². The number of thioether (sulfide) groups is 1. The molecule has 0 N–H and O–H groups in total. The lowest BCUT2D eigenvalue weighted by Crippen LogP contribution is -2.36. The van der Waals surface area contributed by atoms with Gasteiger partial charge in [0.25, 0.3) is 0 Å². The van der Waals surface area contributed by atoms with E-state index in [9.17, 15) is 22.8 Å². The first-order valence-corrected chi connectivity index (χ1v) is 10.9. The molecule has 3 atom stereocenters. The molecule has 3 rings (SSSR count). The molecule has 1 aliphatic carbocycles. The molecule has 4 nitrogen and oxygen atoms in total. The minimum absolute atomic E-state index is 0.298. The van der Waals surface area contributed by atoms with E-state index in [-0.39, 0.29) is 0 Å². The highest BCUT2D eigenvalue weighted by Gasteiger charge is 2.47. The fraction of sp³-hybridized carbons (Fsp3) is 0.333. The minimum Gasteiger partial charge on any atom is -0.469 e. The molecular weight excluding hydrogens is 441 g/mol. The number of methoxy groups -OCH3 is 1. The van der Waals surface area contributed by atoms with E-state index < -0.39 is 36.1 Å². The SMILES string of the molecule is COC(=O)[C@@H]([C@H]1CCC=C1Sc1ccc(C)cc1)[C@@H](OC(=O)C(F)(F)F)c1ccccc1. The molecule has 0 spiro atoms. The smallest absolute Gasteiger partial charge is 0.469 e. The van der Waals surface area contributed by atoms with Crippen LogP contribution in [0.25, 0.3) is 0 Å². The Balaban J connectivity index is 1.97. The van der Waals surface area contributed by atoms with Gasteiger partial charge in [-0.25, -0.2) is 4.79 Å². The van der Waals surface area contributed by atoms with Crippen LogP contribution in [0.15, 0.2) is 70.5 Å². The lowest BCUT2D eigenvalue weighted by molar-refractivity contribution is -0.209. The normalized spacial score (nSPS) is 17.9.